The summed E-state index contributed by atoms with van der Waals surface area (Å²) in [5, 5.41) is 7.26. The van der Waals surface area contributed by atoms with Crippen LogP contribution in [0.4, 0.5) is 14.5 Å². The molecule has 0 amide bonds. The predicted molar refractivity (Wildman–Crippen MR) is 92.1 cm³/mol. The Balaban J connectivity index is 1.97. The molecule has 0 saturated carbocycles. The summed E-state index contributed by atoms with van der Waals surface area (Å²) >= 11 is 6.02. The number of alkyl halides is 1. The van der Waals surface area contributed by atoms with Crippen molar-refractivity contribution in [1.29, 1.82) is 0 Å². The van der Waals surface area contributed by atoms with Crippen molar-refractivity contribution < 1.29 is 13.5 Å². The third-order valence-corrected chi connectivity index (χ3v) is 3.78. The number of nitrogen functional groups attached to an aromatic ring is 1. The first-order valence-corrected chi connectivity index (χ1v) is 7.99. The van der Waals surface area contributed by atoms with E-state index in [1.54, 1.807) is 24.3 Å². The average Bonchev–Trinajstić information content (AvgIpc) is 2.98. The number of ether oxygens (including phenoxy) is 1. The number of aromatic nitrogens is 4. The minimum Gasteiger partial charge on any atom is -0.456 e. The number of nitrogens with zero attached hydrogens (tertiary/aromatic N) is 4. The number of hydrogen-bond acceptors (Lipinski definition) is 5. The molecule has 0 aliphatic rings. The summed E-state index contributed by atoms with van der Waals surface area (Å²) in [6.45, 7) is -0.562. The predicted octanol–water partition coefficient (Wildman–Crippen LogP) is 2.96. The smallest absolute Gasteiger partial charge is 0.368 e. The van der Waals surface area contributed by atoms with Crippen molar-refractivity contribution in [2.45, 2.75) is 13.0 Å². The fraction of sp³-hybridized carbons (Fsp3) is 0.188. The van der Waals surface area contributed by atoms with Gasteiger partial charge in [0.1, 0.15) is 17.2 Å². The maximum absolute atomic E-state index is 14.3. The van der Waals surface area contributed by atoms with Gasteiger partial charge < -0.3 is 10.5 Å². The summed E-state index contributed by atoms with van der Waals surface area (Å²) in [4.78, 5) is 12.2. The summed E-state index contributed by atoms with van der Waals surface area (Å²) < 4.78 is 33.9. The highest BCUT2D eigenvalue weighted by Gasteiger charge is 2.17. The summed E-state index contributed by atoms with van der Waals surface area (Å²) in [6.07, 6.45) is 0.104. The maximum Gasteiger partial charge on any atom is 0.368 e. The first-order chi connectivity index (χ1) is 12.5. The van der Waals surface area contributed by atoms with E-state index in [9.17, 15) is 13.6 Å². The van der Waals surface area contributed by atoms with Crippen LogP contribution in [0.15, 0.2) is 41.2 Å². The molecule has 7 nitrogen and oxygen atoms in total. The molecule has 1 heterocycles. The maximum atomic E-state index is 14.3. The Bertz CT molecular complexity index is 972. The van der Waals surface area contributed by atoms with Crippen molar-refractivity contribution in [2.24, 2.45) is 0 Å². The van der Waals surface area contributed by atoms with Gasteiger partial charge in [-0.3, -0.25) is 4.39 Å². The first kappa shape index (κ1) is 17.9. The zero-order chi connectivity index (χ0) is 18.7. The number of benzene rings is 2. The molecule has 2 aromatic carbocycles. The van der Waals surface area contributed by atoms with Gasteiger partial charge in [0.05, 0.1) is 18.2 Å². The van der Waals surface area contributed by atoms with Crippen LogP contribution >= 0.6 is 11.6 Å². The number of hydrogen-bond donors (Lipinski definition) is 1. The van der Waals surface area contributed by atoms with E-state index in [1.807, 2.05) is 0 Å². The third kappa shape index (κ3) is 3.67. The minimum atomic E-state index is -0.778. The lowest BCUT2D eigenvalue weighted by molar-refractivity contribution is 0.427. The lowest BCUT2D eigenvalue weighted by atomic mass is 10.2. The molecule has 0 radical (unpaired) electrons. The number of nitrogens with two attached hydrogens (primary N) is 1. The molecule has 3 aromatic rings. The molecule has 0 atom stereocenters. The van der Waals surface area contributed by atoms with Gasteiger partial charge in [-0.15, -0.1) is 0 Å². The normalized spacial score (nSPS) is 10.9. The van der Waals surface area contributed by atoms with Crippen LogP contribution < -0.4 is 16.2 Å². The lowest BCUT2D eigenvalue weighted by Gasteiger charge is -2.10. The highest BCUT2D eigenvalue weighted by Crippen LogP contribution is 2.32. The fourth-order valence-electron chi connectivity index (χ4n) is 2.20. The van der Waals surface area contributed by atoms with E-state index in [2.05, 4.69) is 10.4 Å². The SMILES string of the molecule is Nc1ccc(Oc2cc(-n3nnn(CCCF)c3=O)c(F)cc2Cl)cc1. The minimum absolute atomic E-state index is 0.0148. The molecule has 0 spiro atoms. The Morgan fingerprint density at radius 2 is 1.92 bits per heavy atom. The van der Waals surface area contributed by atoms with E-state index in [4.69, 9.17) is 22.1 Å². The molecule has 0 aliphatic carbocycles. The Morgan fingerprint density at radius 3 is 2.62 bits per heavy atom. The first-order valence-electron chi connectivity index (χ1n) is 7.61. The molecule has 3 rings (SSSR count). The quantitative estimate of drug-likeness (QED) is 0.663. The summed E-state index contributed by atoms with van der Waals surface area (Å²) in [7, 11) is 0. The van der Waals surface area contributed by atoms with Crippen molar-refractivity contribution in [3.63, 3.8) is 0 Å². The van der Waals surface area contributed by atoms with Gasteiger partial charge in [-0.05, 0) is 47.2 Å². The number of tetrazole rings is 1. The summed E-state index contributed by atoms with van der Waals surface area (Å²) in [5.41, 5.74) is 5.29. The zero-order valence-corrected chi connectivity index (χ0v) is 14.2. The van der Waals surface area contributed by atoms with Gasteiger partial charge in [-0.25, -0.2) is 9.18 Å². The van der Waals surface area contributed by atoms with Crippen LogP contribution in [0.1, 0.15) is 6.42 Å². The molecule has 10 heteroatoms. The zero-order valence-electron chi connectivity index (χ0n) is 13.4. The number of halogens is 3. The molecule has 26 heavy (non-hydrogen) atoms. The van der Waals surface area contributed by atoms with Crippen molar-refractivity contribution in [3.8, 4) is 17.2 Å². The Kier molecular flexibility index (Phi) is 5.17. The fourth-order valence-corrected chi connectivity index (χ4v) is 2.39. The molecular weight excluding hydrogens is 368 g/mol. The van der Waals surface area contributed by atoms with Gasteiger partial charge in [0, 0.05) is 11.8 Å². The monoisotopic (exact) mass is 381 g/mol. The Morgan fingerprint density at radius 1 is 1.19 bits per heavy atom. The highest BCUT2D eigenvalue weighted by molar-refractivity contribution is 6.32. The van der Waals surface area contributed by atoms with E-state index in [-0.39, 0.29) is 29.4 Å². The van der Waals surface area contributed by atoms with Gasteiger partial charge in [-0.2, -0.15) is 9.36 Å². The van der Waals surface area contributed by atoms with Crippen molar-refractivity contribution in [3.05, 3.63) is 57.7 Å². The van der Waals surface area contributed by atoms with Crippen LogP contribution in [0.2, 0.25) is 5.02 Å². The number of anilines is 1. The molecule has 2 N–H and O–H groups in total. The van der Waals surface area contributed by atoms with E-state index in [0.29, 0.717) is 11.4 Å². The summed E-state index contributed by atoms with van der Waals surface area (Å²) in [5.74, 6) is -0.227. The van der Waals surface area contributed by atoms with E-state index in [0.717, 1.165) is 15.4 Å². The van der Waals surface area contributed by atoms with Crippen LogP contribution in [0, 0.1) is 5.82 Å². The molecular formula is C16H14ClF2N5O2. The van der Waals surface area contributed by atoms with Crippen LogP contribution in [-0.4, -0.2) is 26.5 Å². The molecule has 136 valence electrons. The molecule has 0 bridgehead atoms. The Labute approximate surface area is 151 Å². The second-order valence-electron chi connectivity index (χ2n) is 5.34. The molecule has 0 unspecified atom stereocenters. The van der Waals surface area contributed by atoms with Crippen LogP contribution in [-0.2, 0) is 6.54 Å². The van der Waals surface area contributed by atoms with Crippen molar-refractivity contribution in [2.75, 3.05) is 12.4 Å². The molecule has 0 fully saturated rings. The topological polar surface area (TPSA) is 88.0 Å². The second kappa shape index (κ2) is 7.52. The third-order valence-electron chi connectivity index (χ3n) is 3.48. The van der Waals surface area contributed by atoms with Crippen molar-refractivity contribution in [1.82, 2.24) is 19.8 Å². The molecule has 0 aliphatic heterocycles. The Hall–Kier alpha value is -2.94. The van der Waals surface area contributed by atoms with Crippen LogP contribution in [0.3, 0.4) is 0 Å². The summed E-state index contributed by atoms with van der Waals surface area (Å²) in [6, 6.07) is 8.76. The largest absolute Gasteiger partial charge is 0.456 e. The van der Waals surface area contributed by atoms with Crippen molar-refractivity contribution >= 4 is 17.3 Å². The van der Waals surface area contributed by atoms with Gasteiger partial charge in [-0.1, -0.05) is 11.6 Å². The number of rotatable bonds is 6. The van der Waals surface area contributed by atoms with Gasteiger partial charge >= 0.3 is 5.69 Å². The number of aryl methyl sites for hydroxylation is 1. The van der Waals surface area contributed by atoms with Crippen LogP contribution in [0.5, 0.6) is 11.5 Å². The lowest BCUT2D eigenvalue weighted by Crippen LogP contribution is -2.25. The molecule has 1 aromatic heterocycles. The van der Waals surface area contributed by atoms with E-state index < -0.39 is 18.2 Å². The van der Waals surface area contributed by atoms with Crippen LogP contribution in [0.25, 0.3) is 5.69 Å². The van der Waals surface area contributed by atoms with E-state index in [1.165, 1.54) is 6.07 Å². The standard InChI is InChI=1S/C16H14ClF2N5O2/c17-12-8-13(19)14(24-16(25)23(21-22-24)7-1-6-18)9-15(12)26-11-4-2-10(20)3-5-11/h2-5,8-9H,1,6-7,20H2. The second-order valence-corrected chi connectivity index (χ2v) is 5.75. The molecule has 0 saturated heterocycles. The van der Waals surface area contributed by atoms with E-state index >= 15 is 0 Å². The van der Waals surface area contributed by atoms with Gasteiger partial charge in [0.25, 0.3) is 0 Å². The van der Waals surface area contributed by atoms with Gasteiger partial charge in [0.15, 0.2) is 5.82 Å². The average molecular weight is 382 g/mol. The highest BCUT2D eigenvalue weighted by atomic mass is 35.5. The van der Waals surface area contributed by atoms with Gasteiger partial charge in [0.2, 0.25) is 0 Å².